The molecular weight excluding hydrogens is 260 g/mol. The van der Waals surface area contributed by atoms with Crippen LogP contribution in [0.2, 0.25) is 0 Å². The molecule has 106 valence electrons. The molecule has 2 rings (SSSR count). The summed E-state index contributed by atoms with van der Waals surface area (Å²) in [5.41, 5.74) is 2.47. The summed E-state index contributed by atoms with van der Waals surface area (Å²) in [6, 6.07) is 13.5. The molecule has 1 heterocycles. The standard InChI is InChI=1S/C18H18N2O/c1-2-3-4-5-12-21-18-10-7-15(8-11-18)16-6-9-17(13-19)20-14-16/h4-11,14H,2-3,12H2,1H3. The Labute approximate surface area is 125 Å². The highest BCUT2D eigenvalue weighted by Crippen LogP contribution is 2.21. The fourth-order valence-electron chi connectivity index (χ4n) is 1.87. The maximum Gasteiger partial charge on any atom is 0.140 e. The second-order valence-electron chi connectivity index (χ2n) is 4.64. The summed E-state index contributed by atoms with van der Waals surface area (Å²) < 4.78 is 5.63. The average Bonchev–Trinajstić information content (AvgIpc) is 2.55. The fourth-order valence-corrected chi connectivity index (χ4v) is 1.87. The van der Waals surface area contributed by atoms with Gasteiger partial charge in [-0.1, -0.05) is 37.6 Å². The zero-order chi connectivity index (χ0) is 14.9. The van der Waals surface area contributed by atoms with E-state index in [2.05, 4.69) is 18.0 Å². The van der Waals surface area contributed by atoms with Gasteiger partial charge < -0.3 is 4.74 Å². The predicted molar refractivity (Wildman–Crippen MR) is 83.9 cm³/mol. The van der Waals surface area contributed by atoms with Crippen LogP contribution < -0.4 is 4.74 Å². The highest BCUT2D eigenvalue weighted by Gasteiger charge is 1.99. The van der Waals surface area contributed by atoms with Gasteiger partial charge in [0.05, 0.1) is 0 Å². The molecule has 0 bridgehead atoms. The number of hydrogen-bond donors (Lipinski definition) is 0. The van der Waals surface area contributed by atoms with Crippen molar-refractivity contribution in [1.82, 2.24) is 4.98 Å². The average molecular weight is 278 g/mol. The first kappa shape index (κ1) is 14.8. The Morgan fingerprint density at radius 1 is 1.10 bits per heavy atom. The number of allylic oxidation sites excluding steroid dienone is 1. The molecule has 0 amide bonds. The first-order valence-corrected chi connectivity index (χ1v) is 7.08. The van der Waals surface area contributed by atoms with E-state index < -0.39 is 0 Å². The summed E-state index contributed by atoms with van der Waals surface area (Å²) in [5, 5.41) is 8.74. The van der Waals surface area contributed by atoms with Crippen LogP contribution >= 0.6 is 0 Å². The molecule has 1 aromatic carbocycles. The van der Waals surface area contributed by atoms with Gasteiger partial charge in [0.2, 0.25) is 0 Å². The Kier molecular flexibility index (Phi) is 5.54. The zero-order valence-electron chi connectivity index (χ0n) is 12.1. The molecule has 2 aromatic rings. The number of hydrogen-bond acceptors (Lipinski definition) is 3. The van der Waals surface area contributed by atoms with Gasteiger partial charge in [-0.05, 0) is 36.2 Å². The summed E-state index contributed by atoms with van der Waals surface area (Å²) in [5.74, 6) is 0.849. The van der Waals surface area contributed by atoms with Crippen molar-refractivity contribution in [2.75, 3.05) is 6.61 Å². The molecule has 0 aliphatic heterocycles. The molecule has 0 fully saturated rings. The van der Waals surface area contributed by atoms with E-state index in [1.807, 2.05) is 42.5 Å². The maximum atomic E-state index is 8.74. The first-order valence-electron chi connectivity index (χ1n) is 7.08. The van der Waals surface area contributed by atoms with Crippen LogP contribution in [0.25, 0.3) is 11.1 Å². The zero-order valence-corrected chi connectivity index (χ0v) is 12.1. The molecule has 0 aliphatic rings. The van der Waals surface area contributed by atoms with E-state index >= 15 is 0 Å². The number of pyridine rings is 1. The molecule has 21 heavy (non-hydrogen) atoms. The number of nitrogens with zero attached hydrogens (tertiary/aromatic N) is 2. The Morgan fingerprint density at radius 2 is 1.86 bits per heavy atom. The SMILES string of the molecule is CCCC=CCOc1ccc(-c2ccc(C#N)nc2)cc1. The largest absolute Gasteiger partial charge is 0.490 e. The van der Waals surface area contributed by atoms with E-state index in [-0.39, 0.29) is 0 Å². The molecule has 0 N–H and O–H groups in total. The van der Waals surface area contributed by atoms with Gasteiger partial charge in [-0.2, -0.15) is 5.26 Å². The van der Waals surface area contributed by atoms with Gasteiger partial charge >= 0.3 is 0 Å². The summed E-state index contributed by atoms with van der Waals surface area (Å²) in [6.07, 6.45) is 8.14. The minimum Gasteiger partial charge on any atom is -0.490 e. The number of nitriles is 1. The summed E-state index contributed by atoms with van der Waals surface area (Å²) >= 11 is 0. The smallest absolute Gasteiger partial charge is 0.140 e. The van der Waals surface area contributed by atoms with Gasteiger partial charge in [0.15, 0.2) is 0 Å². The van der Waals surface area contributed by atoms with Crippen molar-refractivity contribution in [2.45, 2.75) is 19.8 Å². The number of ether oxygens (including phenoxy) is 1. The van der Waals surface area contributed by atoms with Gasteiger partial charge in [0.1, 0.15) is 24.1 Å². The number of benzene rings is 1. The van der Waals surface area contributed by atoms with Gasteiger partial charge in [-0.25, -0.2) is 4.98 Å². The van der Waals surface area contributed by atoms with Crippen molar-refractivity contribution < 1.29 is 4.74 Å². The van der Waals surface area contributed by atoms with Crippen LogP contribution in [0.1, 0.15) is 25.5 Å². The lowest BCUT2D eigenvalue weighted by Gasteiger charge is -2.05. The monoisotopic (exact) mass is 278 g/mol. The second-order valence-corrected chi connectivity index (χ2v) is 4.64. The lowest BCUT2D eigenvalue weighted by molar-refractivity contribution is 0.362. The van der Waals surface area contributed by atoms with Crippen LogP contribution in [0.5, 0.6) is 5.75 Å². The van der Waals surface area contributed by atoms with Crippen molar-refractivity contribution in [3.63, 3.8) is 0 Å². The summed E-state index contributed by atoms with van der Waals surface area (Å²) in [7, 11) is 0. The van der Waals surface area contributed by atoms with Crippen molar-refractivity contribution in [3.05, 3.63) is 60.4 Å². The number of unbranched alkanes of at least 4 members (excludes halogenated alkanes) is 1. The normalized spacial score (nSPS) is 10.5. The van der Waals surface area contributed by atoms with Crippen molar-refractivity contribution in [3.8, 4) is 22.9 Å². The molecule has 0 saturated heterocycles. The van der Waals surface area contributed by atoms with Crippen LogP contribution in [0.3, 0.4) is 0 Å². The third kappa shape index (κ3) is 4.47. The van der Waals surface area contributed by atoms with Crippen molar-refractivity contribution in [1.29, 1.82) is 5.26 Å². The number of aromatic nitrogens is 1. The predicted octanol–water partition coefficient (Wildman–Crippen LogP) is 4.36. The third-order valence-corrected chi connectivity index (χ3v) is 3.03. The molecule has 1 aromatic heterocycles. The topological polar surface area (TPSA) is 45.9 Å². The van der Waals surface area contributed by atoms with Gasteiger partial charge in [0.25, 0.3) is 0 Å². The Hall–Kier alpha value is -2.60. The lowest BCUT2D eigenvalue weighted by Crippen LogP contribution is -1.93. The first-order chi connectivity index (χ1) is 10.3. The molecule has 0 spiro atoms. The minimum atomic E-state index is 0.428. The van der Waals surface area contributed by atoms with Crippen LogP contribution in [0.15, 0.2) is 54.7 Å². The highest BCUT2D eigenvalue weighted by atomic mass is 16.5. The fraction of sp³-hybridized carbons (Fsp3) is 0.222. The van der Waals surface area contributed by atoms with E-state index in [0.717, 1.165) is 29.7 Å². The second kappa shape index (κ2) is 7.86. The Bertz CT molecular complexity index is 622. The van der Waals surface area contributed by atoms with E-state index in [1.54, 1.807) is 12.3 Å². The Balaban J connectivity index is 1.96. The van der Waals surface area contributed by atoms with E-state index in [9.17, 15) is 0 Å². The quantitative estimate of drug-likeness (QED) is 0.738. The van der Waals surface area contributed by atoms with E-state index in [1.165, 1.54) is 0 Å². The van der Waals surface area contributed by atoms with Crippen molar-refractivity contribution in [2.24, 2.45) is 0 Å². The van der Waals surface area contributed by atoms with Crippen molar-refractivity contribution >= 4 is 0 Å². The molecule has 0 saturated carbocycles. The highest BCUT2D eigenvalue weighted by molar-refractivity contribution is 5.63. The lowest BCUT2D eigenvalue weighted by atomic mass is 10.1. The van der Waals surface area contributed by atoms with Crippen LogP contribution in [0, 0.1) is 11.3 Å². The van der Waals surface area contributed by atoms with Gasteiger partial charge in [-0.15, -0.1) is 0 Å². The molecule has 0 unspecified atom stereocenters. The van der Waals surface area contributed by atoms with Crippen LogP contribution in [0.4, 0.5) is 0 Å². The number of rotatable bonds is 6. The summed E-state index contributed by atoms with van der Waals surface area (Å²) in [4.78, 5) is 4.07. The minimum absolute atomic E-state index is 0.428. The molecule has 0 radical (unpaired) electrons. The molecule has 3 nitrogen and oxygen atoms in total. The summed E-state index contributed by atoms with van der Waals surface area (Å²) in [6.45, 7) is 2.75. The third-order valence-electron chi connectivity index (χ3n) is 3.03. The molecule has 3 heteroatoms. The molecular formula is C18H18N2O. The maximum absolute atomic E-state index is 8.74. The van der Waals surface area contributed by atoms with Gasteiger partial charge in [-0.3, -0.25) is 0 Å². The molecule has 0 atom stereocenters. The van der Waals surface area contributed by atoms with Crippen LogP contribution in [-0.4, -0.2) is 11.6 Å². The van der Waals surface area contributed by atoms with Crippen LogP contribution in [-0.2, 0) is 0 Å². The van der Waals surface area contributed by atoms with E-state index in [0.29, 0.717) is 12.3 Å². The van der Waals surface area contributed by atoms with E-state index in [4.69, 9.17) is 10.00 Å². The molecule has 0 aliphatic carbocycles. The van der Waals surface area contributed by atoms with Gasteiger partial charge in [0, 0.05) is 11.8 Å². The Morgan fingerprint density at radius 3 is 2.48 bits per heavy atom.